The summed E-state index contributed by atoms with van der Waals surface area (Å²) in [7, 11) is 1.36. The van der Waals surface area contributed by atoms with Crippen LogP contribution in [0.15, 0.2) is 18.5 Å². The van der Waals surface area contributed by atoms with Crippen LogP contribution in [0.2, 0.25) is 0 Å². The van der Waals surface area contributed by atoms with Crippen LogP contribution in [0.25, 0.3) is 11.0 Å². The summed E-state index contributed by atoms with van der Waals surface area (Å²) in [6.07, 6.45) is -1.10. The molecule has 1 heterocycles. The first kappa shape index (κ1) is 8.93. The Hall–Kier alpha value is -1.65. The number of ether oxygens (including phenoxy) is 1. The van der Waals surface area contributed by atoms with Crippen LogP contribution in [0.5, 0.6) is 5.75 Å². The lowest BCUT2D eigenvalue weighted by molar-refractivity contribution is 0.147. The molecule has 0 radical (unpaired) electrons. The highest BCUT2D eigenvalue weighted by atomic mass is 19.3. The number of halogens is 2. The molecule has 3 nitrogen and oxygen atoms in total. The first-order valence-electron chi connectivity index (χ1n) is 4.02. The standard InChI is InChI=1S/C9H8F2N2O/c1-14-8-5(9(10)11)2-3-6-7(8)13-4-12-6/h2-4,9H,1H3,(H,12,13). The van der Waals surface area contributed by atoms with Gasteiger partial charge in [-0.2, -0.15) is 0 Å². The Labute approximate surface area is 78.7 Å². The zero-order valence-electron chi connectivity index (χ0n) is 7.42. The van der Waals surface area contributed by atoms with E-state index in [1.165, 1.54) is 19.5 Å². The molecule has 0 aliphatic rings. The van der Waals surface area contributed by atoms with E-state index >= 15 is 0 Å². The number of alkyl halides is 2. The number of imidazole rings is 1. The Morgan fingerprint density at radius 2 is 2.21 bits per heavy atom. The van der Waals surface area contributed by atoms with Crippen molar-refractivity contribution in [2.45, 2.75) is 6.43 Å². The fourth-order valence-electron chi connectivity index (χ4n) is 1.38. The smallest absolute Gasteiger partial charge is 0.267 e. The largest absolute Gasteiger partial charge is 0.494 e. The van der Waals surface area contributed by atoms with E-state index in [9.17, 15) is 8.78 Å². The van der Waals surface area contributed by atoms with Gasteiger partial charge in [-0.25, -0.2) is 13.8 Å². The summed E-state index contributed by atoms with van der Waals surface area (Å²) in [6.45, 7) is 0. The Kier molecular flexibility index (Phi) is 2.07. The van der Waals surface area contributed by atoms with Crippen LogP contribution >= 0.6 is 0 Å². The molecule has 0 saturated carbocycles. The molecule has 0 saturated heterocycles. The van der Waals surface area contributed by atoms with Crippen LogP contribution in [-0.4, -0.2) is 17.1 Å². The number of hydrogen-bond acceptors (Lipinski definition) is 2. The number of aromatic amines is 1. The number of methoxy groups -OCH3 is 1. The number of rotatable bonds is 2. The molecule has 14 heavy (non-hydrogen) atoms. The highest BCUT2D eigenvalue weighted by Gasteiger charge is 2.17. The second-order valence-corrected chi connectivity index (χ2v) is 2.79. The average Bonchev–Trinajstić information content (AvgIpc) is 2.63. The third-order valence-corrected chi connectivity index (χ3v) is 2.01. The number of hydrogen-bond donors (Lipinski definition) is 1. The van der Waals surface area contributed by atoms with Gasteiger partial charge in [-0.05, 0) is 12.1 Å². The van der Waals surface area contributed by atoms with Crippen molar-refractivity contribution >= 4 is 11.0 Å². The van der Waals surface area contributed by atoms with Crippen molar-refractivity contribution in [2.24, 2.45) is 0 Å². The molecule has 5 heteroatoms. The van der Waals surface area contributed by atoms with Gasteiger partial charge in [-0.15, -0.1) is 0 Å². The lowest BCUT2D eigenvalue weighted by Crippen LogP contribution is -1.93. The van der Waals surface area contributed by atoms with Gasteiger partial charge in [0, 0.05) is 0 Å². The quantitative estimate of drug-likeness (QED) is 0.805. The van der Waals surface area contributed by atoms with E-state index < -0.39 is 6.43 Å². The van der Waals surface area contributed by atoms with Gasteiger partial charge >= 0.3 is 0 Å². The van der Waals surface area contributed by atoms with Crippen LogP contribution in [0.4, 0.5) is 8.78 Å². The first-order valence-corrected chi connectivity index (χ1v) is 4.02. The molecule has 0 fully saturated rings. The second kappa shape index (κ2) is 3.25. The highest BCUT2D eigenvalue weighted by Crippen LogP contribution is 2.33. The Balaban J connectivity index is 2.72. The monoisotopic (exact) mass is 198 g/mol. The van der Waals surface area contributed by atoms with Crippen LogP contribution in [0.1, 0.15) is 12.0 Å². The molecule has 0 aliphatic carbocycles. The molecule has 1 aromatic carbocycles. The molecule has 1 N–H and O–H groups in total. The van der Waals surface area contributed by atoms with Gasteiger partial charge in [0.2, 0.25) is 0 Å². The van der Waals surface area contributed by atoms with Gasteiger partial charge in [0.25, 0.3) is 6.43 Å². The molecule has 0 amide bonds. The molecule has 0 spiro atoms. The fraction of sp³-hybridized carbons (Fsp3) is 0.222. The maximum Gasteiger partial charge on any atom is 0.267 e. The first-order chi connectivity index (χ1) is 6.74. The van der Waals surface area contributed by atoms with Gasteiger partial charge < -0.3 is 9.72 Å². The van der Waals surface area contributed by atoms with Crippen LogP contribution < -0.4 is 4.74 Å². The van der Waals surface area contributed by atoms with E-state index in [4.69, 9.17) is 4.74 Å². The van der Waals surface area contributed by atoms with Crippen LogP contribution in [0, 0.1) is 0 Å². The molecular formula is C9H8F2N2O. The van der Waals surface area contributed by atoms with Crippen molar-refractivity contribution in [3.63, 3.8) is 0 Å². The van der Waals surface area contributed by atoms with E-state index in [2.05, 4.69) is 9.97 Å². The summed E-state index contributed by atoms with van der Waals surface area (Å²) in [6, 6.07) is 2.90. The van der Waals surface area contributed by atoms with Crippen molar-refractivity contribution in [1.29, 1.82) is 0 Å². The van der Waals surface area contributed by atoms with Crippen LogP contribution in [0.3, 0.4) is 0 Å². The van der Waals surface area contributed by atoms with Crippen molar-refractivity contribution in [3.8, 4) is 5.75 Å². The summed E-state index contributed by atoms with van der Waals surface area (Å²) < 4.78 is 30.0. The molecule has 74 valence electrons. The molecule has 0 bridgehead atoms. The predicted molar refractivity (Wildman–Crippen MR) is 47.6 cm³/mol. The number of H-pyrrole nitrogens is 1. The highest BCUT2D eigenvalue weighted by molar-refractivity contribution is 5.82. The average molecular weight is 198 g/mol. The SMILES string of the molecule is COc1c(C(F)F)ccc2[nH]cnc12. The zero-order chi connectivity index (χ0) is 10.1. The molecular weight excluding hydrogens is 190 g/mol. The van der Waals surface area contributed by atoms with E-state index in [0.29, 0.717) is 11.0 Å². The maximum absolute atomic E-state index is 12.5. The summed E-state index contributed by atoms with van der Waals surface area (Å²) in [5, 5.41) is 0. The van der Waals surface area contributed by atoms with Gasteiger partial charge in [-0.3, -0.25) is 0 Å². The van der Waals surface area contributed by atoms with Gasteiger partial charge in [0.15, 0.2) is 5.75 Å². The minimum atomic E-state index is -2.55. The van der Waals surface area contributed by atoms with Gasteiger partial charge in [0.05, 0.1) is 24.5 Å². The lowest BCUT2D eigenvalue weighted by Gasteiger charge is -2.07. The Bertz CT molecular complexity index is 453. The molecule has 0 atom stereocenters. The molecule has 0 aliphatic heterocycles. The van der Waals surface area contributed by atoms with Crippen molar-refractivity contribution in [2.75, 3.05) is 7.11 Å². The van der Waals surface area contributed by atoms with Crippen molar-refractivity contribution < 1.29 is 13.5 Å². The maximum atomic E-state index is 12.5. The predicted octanol–water partition coefficient (Wildman–Crippen LogP) is 2.51. The number of benzene rings is 1. The summed E-state index contributed by atoms with van der Waals surface area (Å²) in [5.74, 6) is 0.138. The van der Waals surface area contributed by atoms with Crippen LogP contribution in [-0.2, 0) is 0 Å². The number of nitrogens with one attached hydrogen (secondary N) is 1. The molecule has 0 unspecified atom stereocenters. The van der Waals surface area contributed by atoms with E-state index in [0.717, 1.165) is 0 Å². The second-order valence-electron chi connectivity index (χ2n) is 2.79. The van der Waals surface area contributed by atoms with E-state index in [-0.39, 0.29) is 11.3 Å². The molecule has 1 aromatic heterocycles. The summed E-state index contributed by atoms with van der Waals surface area (Å²) >= 11 is 0. The molecule has 2 aromatic rings. The van der Waals surface area contributed by atoms with Gasteiger partial charge in [-0.1, -0.05) is 0 Å². The number of aromatic nitrogens is 2. The van der Waals surface area contributed by atoms with Crippen molar-refractivity contribution in [1.82, 2.24) is 9.97 Å². The van der Waals surface area contributed by atoms with E-state index in [1.54, 1.807) is 6.07 Å². The number of nitrogens with zero attached hydrogens (tertiary/aromatic N) is 1. The van der Waals surface area contributed by atoms with E-state index in [1.807, 2.05) is 0 Å². The Morgan fingerprint density at radius 1 is 1.43 bits per heavy atom. The summed E-state index contributed by atoms with van der Waals surface area (Å²) in [4.78, 5) is 6.74. The third kappa shape index (κ3) is 1.21. The summed E-state index contributed by atoms with van der Waals surface area (Å²) in [5.41, 5.74) is 0.989. The van der Waals surface area contributed by atoms with Crippen molar-refractivity contribution in [3.05, 3.63) is 24.0 Å². The fourth-order valence-corrected chi connectivity index (χ4v) is 1.38. The lowest BCUT2D eigenvalue weighted by atomic mass is 10.2. The topological polar surface area (TPSA) is 37.9 Å². The van der Waals surface area contributed by atoms with Gasteiger partial charge in [0.1, 0.15) is 5.52 Å². The minimum absolute atomic E-state index is 0.132. The minimum Gasteiger partial charge on any atom is -0.494 e. The number of fused-ring (bicyclic) bond motifs is 1. The zero-order valence-corrected chi connectivity index (χ0v) is 7.42. The normalized spacial score (nSPS) is 11.1. The molecule has 2 rings (SSSR count). The Morgan fingerprint density at radius 3 is 2.86 bits per heavy atom. The third-order valence-electron chi connectivity index (χ3n) is 2.01.